The second-order valence-corrected chi connectivity index (χ2v) is 4.61. The van der Waals surface area contributed by atoms with E-state index in [2.05, 4.69) is 4.74 Å². The molecule has 0 aliphatic heterocycles. The zero-order valence-corrected chi connectivity index (χ0v) is 7.70. The molecule has 0 aromatic heterocycles. The van der Waals surface area contributed by atoms with Crippen LogP contribution in [0.2, 0.25) is 0 Å². The number of rotatable bonds is 3. The minimum Gasteiger partial charge on any atom is -0.469 e. The number of hydrogen-bond donors (Lipinski definition) is 0. The third kappa shape index (κ3) is 1.93. The summed E-state index contributed by atoms with van der Waals surface area (Å²) in [6.07, 6.45) is 1.50. The quantitative estimate of drug-likeness (QED) is 0.497. The molecule has 0 heterocycles. The van der Waals surface area contributed by atoms with E-state index in [0.717, 1.165) is 12.8 Å². The van der Waals surface area contributed by atoms with Crippen LogP contribution >= 0.6 is 10.7 Å². The van der Waals surface area contributed by atoms with Gasteiger partial charge in [0.05, 0.1) is 18.3 Å². The fourth-order valence-electron chi connectivity index (χ4n) is 0.992. The summed E-state index contributed by atoms with van der Waals surface area (Å²) in [5, 5.41) is 0. The summed E-state index contributed by atoms with van der Waals surface area (Å²) in [6, 6.07) is 0. The molecule has 0 aromatic carbocycles. The van der Waals surface area contributed by atoms with E-state index in [1.54, 1.807) is 0 Å². The SMILES string of the molecule is COC(=O)C1(CS(=O)Cl)CC1. The van der Waals surface area contributed by atoms with E-state index in [-0.39, 0.29) is 11.7 Å². The van der Waals surface area contributed by atoms with Crippen LogP contribution in [0.25, 0.3) is 0 Å². The molecule has 64 valence electrons. The Morgan fingerprint density at radius 1 is 1.73 bits per heavy atom. The highest BCUT2D eigenvalue weighted by Gasteiger charge is 2.52. The smallest absolute Gasteiger partial charge is 0.312 e. The second kappa shape index (κ2) is 3.11. The highest BCUT2D eigenvalue weighted by molar-refractivity contribution is 8.08. The predicted molar refractivity (Wildman–Crippen MR) is 42.5 cm³/mol. The van der Waals surface area contributed by atoms with Crippen LogP contribution in [0, 0.1) is 5.41 Å². The first-order valence-corrected chi connectivity index (χ1v) is 5.38. The van der Waals surface area contributed by atoms with Crippen LogP contribution in [0.15, 0.2) is 0 Å². The Morgan fingerprint density at radius 3 is 2.55 bits per heavy atom. The van der Waals surface area contributed by atoms with Crippen LogP contribution < -0.4 is 0 Å². The first kappa shape index (κ1) is 9.00. The monoisotopic (exact) mass is 196 g/mol. The predicted octanol–water partition coefficient (Wildman–Crippen LogP) is 0.842. The van der Waals surface area contributed by atoms with E-state index in [9.17, 15) is 9.00 Å². The minimum atomic E-state index is -1.42. The lowest BCUT2D eigenvalue weighted by Gasteiger charge is -2.08. The second-order valence-electron chi connectivity index (χ2n) is 2.71. The van der Waals surface area contributed by atoms with Gasteiger partial charge in [-0.1, -0.05) is 0 Å². The number of halogens is 1. The van der Waals surface area contributed by atoms with Crippen LogP contribution in [-0.4, -0.2) is 23.0 Å². The van der Waals surface area contributed by atoms with Crippen molar-refractivity contribution in [3.8, 4) is 0 Å². The maximum atomic E-state index is 11.0. The maximum Gasteiger partial charge on any atom is 0.312 e. The fraction of sp³-hybridized carbons (Fsp3) is 0.833. The van der Waals surface area contributed by atoms with Gasteiger partial charge in [-0.15, -0.1) is 0 Å². The van der Waals surface area contributed by atoms with E-state index >= 15 is 0 Å². The molecule has 11 heavy (non-hydrogen) atoms. The fourth-order valence-corrected chi connectivity index (χ4v) is 2.46. The molecule has 0 bridgehead atoms. The first-order chi connectivity index (χ1) is 5.10. The van der Waals surface area contributed by atoms with Crippen molar-refractivity contribution in [3.05, 3.63) is 0 Å². The lowest BCUT2D eigenvalue weighted by Crippen LogP contribution is -2.22. The Kier molecular flexibility index (Phi) is 2.54. The number of hydrogen-bond acceptors (Lipinski definition) is 3. The molecule has 1 fully saturated rings. The number of esters is 1. The summed E-state index contributed by atoms with van der Waals surface area (Å²) < 4.78 is 15.1. The molecule has 0 radical (unpaired) electrons. The molecule has 0 aromatic rings. The lowest BCUT2D eigenvalue weighted by molar-refractivity contribution is -0.146. The first-order valence-electron chi connectivity index (χ1n) is 3.24. The molecule has 1 unspecified atom stereocenters. The zero-order chi connectivity index (χ0) is 8.48. The van der Waals surface area contributed by atoms with Gasteiger partial charge in [-0.3, -0.25) is 4.79 Å². The van der Waals surface area contributed by atoms with Gasteiger partial charge in [0.1, 0.15) is 10.0 Å². The van der Waals surface area contributed by atoms with Gasteiger partial charge in [-0.25, -0.2) is 4.21 Å². The zero-order valence-electron chi connectivity index (χ0n) is 6.13. The van der Waals surface area contributed by atoms with Crippen LogP contribution in [0.3, 0.4) is 0 Å². The molecule has 1 atom stereocenters. The van der Waals surface area contributed by atoms with Crippen molar-refractivity contribution in [1.82, 2.24) is 0 Å². The van der Waals surface area contributed by atoms with Crippen molar-refractivity contribution >= 4 is 26.7 Å². The molecule has 5 heteroatoms. The average Bonchev–Trinajstić information content (AvgIpc) is 2.67. The minimum absolute atomic E-state index is 0.223. The van der Waals surface area contributed by atoms with Gasteiger partial charge >= 0.3 is 5.97 Å². The van der Waals surface area contributed by atoms with E-state index < -0.39 is 15.4 Å². The highest BCUT2D eigenvalue weighted by atomic mass is 35.7. The van der Waals surface area contributed by atoms with Gasteiger partial charge in [-0.05, 0) is 23.5 Å². The number of methoxy groups -OCH3 is 1. The van der Waals surface area contributed by atoms with Gasteiger partial charge in [-0.2, -0.15) is 0 Å². The van der Waals surface area contributed by atoms with Crippen molar-refractivity contribution in [2.45, 2.75) is 12.8 Å². The Morgan fingerprint density at radius 2 is 2.27 bits per heavy atom. The van der Waals surface area contributed by atoms with Crippen LogP contribution in [-0.2, 0) is 19.5 Å². The van der Waals surface area contributed by atoms with Crippen LogP contribution in [0.5, 0.6) is 0 Å². The van der Waals surface area contributed by atoms with Crippen molar-refractivity contribution in [3.63, 3.8) is 0 Å². The van der Waals surface area contributed by atoms with Gasteiger partial charge in [0.15, 0.2) is 0 Å². The van der Waals surface area contributed by atoms with E-state index in [4.69, 9.17) is 10.7 Å². The molecule has 0 spiro atoms. The van der Waals surface area contributed by atoms with Crippen molar-refractivity contribution in [1.29, 1.82) is 0 Å². The summed E-state index contributed by atoms with van der Waals surface area (Å²) >= 11 is 0. The summed E-state index contributed by atoms with van der Waals surface area (Å²) in [7, 11) is 5.18. The molecule has 0 saturated heterocycles. The Hall–Kier alpha value is -0.0900. The normalized spacial score (nSPS) is 22.4. The Bertz CT molecular complexity index is 200. The van der Waals surface area contributed by atoms with Crippen molar-refractivity contribution < 1.29 is 13.7 Å². The maximum absolute atomic E-state index is 11.0. The summed E-state index contributed by atoms with van der Waals surface area (Å²) in [5.74, 6) is -0.0622. The van der Waals surface area contributed by atoms with Gasteiger partial charge < -0.3 is 4.74 Å². The Labute approximate surface area is 72.0 Å². The number of carbonyl (C=O) groups is 1. The van der Waals surface area contributed by atoms with E-state index in [1.807, 2.05) is 0 Å². The third-order valence-electron chi connectivity index (χ3n) is 1.86. The molecule has 1 saturated carbocycles. The molecule has 0 amide bonds. The third-order valence-corrected chi connectivity index (χ3v) is 2.97. The molecule has 1 aliphatic rings. The highest BCUT2D eigenvalue weighted by Crippen LogP contribution is 2.47. The number of ether oxygens (including phenoxy) is 1. The van der Waals surface area contributed by atoms with Crippen molar-refractivity contribution in [2.75, 3.05) is 12.9 Å². The molecule has 0 N–H and O–H groups in total. The standard InChI is InChI=1S/C6H9ClO3S/c1-10-5(8)6(2-3-6)4-11(7)9/h2-4H2,1H3. The van der Waals surface area contributed by atoms with Crippen LogP contribution in [0.4, 0.5) is 0 Å². The summed E-state index contributed by atoms with van der Waals surface area (Å²) in [6.45, 7) is 0. The lowest BCUT2D eigenvalue weighted by atomic mass is 10.1. The van der Waals surface area contributed by atoms with Gasteiger partial charge in [0.25, 0.3) is 0 Å². The van der Waals surface area contributed by atoms with Crippen LogP contribution in [0.1, 0.15) is 12.8 Å². The molecular formula is C6H9ClO3S. The summed E-state index contributed by atoms with van der Waals surface area (Å²) in [5.41, 5.74) is -0.513. The topological polar surface area (TPSA) is 43.4 Å². The van der Waals surface area contributed by atoms with Gasteiger partial charge in [0, 0.05) is 0 Å². The molecule has 1 aliphatic carbocycles. The average molecular weight is 197 g/mol. The van der Waals surface area contributed by atoms with E-state index in [1.165, 1.54) is 7.11 Å². The van der Waals surface area contributed by atoms with E-state index in [0.29, 0.717) is 0 Å². The summed E-state index contributed by atoms with van der Waals surface area (Å²) in [4.78, 5) is 11.0. The molecule has 3 nitrogen and oxygen atoms in total. The molecule has 1 rings (SSSR count). The van der Waals surface area contributed by atoms with Crippen molar-refractivity contribution in [2.24, 2.45) is 5.41 Å². The largest absolute Gasteiger partial charge is 0.469 e. The molecular weight excluding hydrogens is 188 g/mol. The van der Waals surface area contributed by atoms with Gasteiger partial charge in [0.2, 0.25) is 0 Å². The number of carbonyl (C=O) groups excluding carboxylic acids is 1. The Balaban J connectivity index is 2.53.